The van der Waals surface area contributed by atoms with Crippen molar-refractivity contribution in [3.63, 3.8) is 0 Å². The molecule has 0 aromatic heterocycles. The molecule has 0 radical (unpaired) electrons. The molecule has 21 heavy (non-hydrogen) atoms. The van der Waals surface area contributed by atoms with Crippen LogP contribution in [0.2, 0.25) is 0 Å². The van der Waals surface area contributed by atoms with Crippen molar-refractivity contribution < 1.29 is 19.1 Å². The molecule has 6 heteroatoms. The summed E-state index contributed by atoms with van der Waals surface area (Å²) in [6, 6.07) is 4.64. The van der Waals surface area contributed by atoms with Gasteiger partial charge < -0.3 is 20.5 Å². The Balaban J connectivity index is 2.87. The highest BCUT2D eigenvalue weighted by atomic mass is 16.5. The Labute approximate surface area is 124 Å². The number of hydrogen-bond donors (Lipinski definition) is 2. The summed E-state index contributed by atoms with van der Waals surface area (Å²) >= 11 is 0. The van der Waals surface area contributed by atoms with E-state index in [1.165, 1.54) is 6.07 Å². The number of esters is 1. The van der Waals surface area contributed by atoms with Crippen LogP contribution >= 0.6 is 0 Å². The highest BCUT2D eigenvalue weighted by Gasteiger charge is 2.19. The van der Waals surface area contributed by atoms with Gasteiger partial charge in [0.1, 0.15) is 11.3 Å². The van der Waals surface area contributed by atoms with Crippen LogP contribution in [-0.4, -0.2) is 31.1 Å². The minimum atomic E-state index is -0.714. The lowest BCUT2D eigenvalue weighted by Gasteiger charge is -2.17. The van der Waals surface area contributed by atoms with Gasteiger partial charge in [-0.2, -0.15) is 0 Å². The average molecular weight is 294 g/mol. The topological polar surface area (TPSA) is 90.6 Å². The van der Waals surface area contributed by atoms with Gasteiger partial charge in [0.2, 0.25) is 0 Å². The number of amides is 1. The predicted molar refractivity (Wildman–Crippen MR) is 80.2 cm³/mol. The summed E-state index contributed by atoms with van der Waals surface area (Å²) in [5, 5.41) is 2.73. The lowest BCUT2D eigenvalue weighted by Crippen LogP contribution is -2.36. The lowest BCUT2D eigenvalue weighted by atomic mass is 10.1. The summed E-state index contributed by atoms with van der Waals surface area (Å²) in [6.07, 6.45) is 0.127. The first kappa shape index (κ1) is 16.8. The molecular formula is C15H22N2O4. The molecule has 0 heterocycles. The molecule has 0 aliphatic carbocycles. The number of nitrogens with one attached hydrogen (secondary N) is 1. The predicted octanol–water partition coefficient (Wildman–Crippen LogP) is 1.74. The zero-order valence-electron chi connectivity index (χ0n) is 12.6. The molecule has 1 aromatic rings. The number of benzene rings is 1. The molecule has 1 amide bonds. The molecule has 3 N–H and O–H groups in total. The molecule has 0 aliphatic rings. The maximum atomic E-state index is 11.9. The monoisotopic (exact) mass is 294 g/mol. The van der Waals surface area contributed by atoms with Crippen molar-refractivity contribution in [2.45, 2.75) is 33.3 Å². The summed E-state index contributed by atoms with van der Waals surface area (Å²) < 4.78 is 10.5. The number of carbonyl (C=O) groups is 2. The first-order chi connectivity index (χ1) is 9.99. The lowest BCUT2D eigenvalue weighted by molar-refractivity contribution is -0.127. The van der Waals surface area contributed by atoms with Gasteiger partial charge in [0.05, 0.1) is 6.61 Å². The van der Waals surface area contributed by atoms with Gasteiger partial charge in [-0.25, -0.2) is 4.79 Å². The Kier molecular flexibility index (Phi) is 6.52. The van der Waals surface area contributed by atoms with Crippen molar-refractivity contribution >= 4 is 17.6 Å². The van der Waals surface area contributed by atoms with Crippen LogP contribution in [0.1, 0.15) is 37.6 Å². The van der Waals surface area contributed by atoms with Crippen molar-refractivity contribution in [2.24, 2.45) is 0 Å². The van der Waals surface area contributed by atoms with Crippen molar-refractivity contribution in [3.05, 3.63) is 23.8 Å². The second-order valence-corrected chi connectivity index (χ2v) is 4.53. The van der Waals surface area contributed by atoms with Gasteiger partial charge in [-0.3, -0.25) is 4.79 Å². The van der Waals surface area contributed by atoms with E-state index in [2.05, 4.69) is 5.32 Å². The molecule has 0 spiro atoms. The Bertz CT molecular complexity index is 502. The van der Waals surface area contributed by atoms with E-state index in [9.17, 15) is 9.59 Å². The number of hydrogen-bond acceptors (Lipinski definition) is 5. The number of nitrogen functional groups attached to an aromatic ring is 1. The first-order valence-electron chi connectivity index (χ1n) is 7.00. The molecule has 0 saturated carbocycles. The maximum absolute atomic E-state index is 11.9. The molecule has 1 atom stereocenters. The highest BCUT2D eigenvalue weighted by molar-refractivity contribution is 5.93. The van der Waals surface area contributed by atoms with Crippen molar-refractivity contribution in [2.75, 3.05) is 18.9 Å². The molecular weight excluding hydrogens is 272 g/mol. The molecule has 0 bridgehead atoms. The molecule has 0 fully saturated rings. The van der Waals surface area contributed by atoms with Gasteiger partial charge in [-0.05, 0) is 38.5 Å². The molecule has 1 aromatic carbocycles. The molecule has 116 valence electrons. The van der Waals surface area contributed by atoms with Crippen molar-refractivity contribution in [3.8, 4) is 5.75 Å². The zero-order chi connectivity index (χ0) is 15.8. The van der Waals surface area contributed by atoms with E-state index in [0.29, 0.717) is 12.2 Å². The van der Waals surface area contributed by atoms with Gasteiger partial charge in [-0.15, -0.1) is 0 Å². The second kappa shape index (κ2) is 8.14. The average Bonchev–Trinajstić information content (AvgIpc) is 2.46. The van der Waals surface area contributed by atoms with E-state index in [4.69, 9.17) is 15.2 Å². The summed E-state index contributed by atoms with van der Waals surface area (Å²) in [4.78, 5) is 23.7. The standard InChI is InChI=1S/C15H22N2O4/c1-4-8-17-14(18)10(3)21-13-7-6-11(16)9-12(13)15(19)20-5-2/h6-7,9-10H,4-5,8,16H2,1-3H3,(H,17,18). The van der Waals surface area contributed by atoms with E-state index in [1.54, 1.807) is 26.0 Å². The van der Waals surface area contributed by atoms with Crippen molar-refractivity contribution in [1.82, 2.24) is 5.32 Å². The smallest absolute Gasteiger partial charge is 0.341 e. The third-order valence-corrected chi connectivity index (χ3v) is 2.72. The van der Waals surface area contributed by atoms with E-state index in [1.807, 2.05) is 6.92 Å². The van der Waals surface area contributed by atoms with Crippen LogP contribution in [0.4, 0.5) is 5.69 Å². The minimum Gasteiger partial charge on any atom is -0.480 e. The van der Waals surface area contributed by atoms with Crippen LogP contribution in [0.3, 0.4) is 0 Å². The Morgan fingerprint density at radius 2 is 2.05 bits per heavy atom. The van der Waals surface area contributed by atoms with Crippen LogP contribution in [0.25, 0.3) is 0 Å². The summed E-state index contributed by atoms with van der Waals surface area (Å²) in [6.45, 7) is 6.13. The normalized spacial score (nSPS) is 11.6. The number of rotatable bonds is 7. The molecule has 1 unspecified atom stereocenters. The van der Waals surface area contributed by atoms with Crippen LogP contribution < -0.4 is 15.8 Å². The van der Waals surface area contributed by atoms with E-state index in [0.717, 1.165) is 6.42 Å². The van der Waals surface area contributed by atoms with Gasteiger partial charge in [0, 0.05) is 12.2 Å². The largest absolute Gasteiger partial charge is 0.480 e. The number of anilines is 1. The third kappa shape index (κ3) is 4.98. The van der Waals surface area contributed by atoms with Gasteiger partial charge in [0.15, 0.2) is 6.10 Å². The summed E-state index contributed by atoms with van der Waals surface area (Å²) in [5.74, 6) is -0.480. The zero-order valence-corrected chi connectivity index (χ0v) is 12.6. The SMILES string of the molecule is CCCNC(=O)C(C)Oc1ccc(N)cc1C(=O)OCC. The Morgan fingerprint density at radius 1 is 1.33 bits per heavy atom. The van der Waals surface area contributed by atoms with Gasteiger partial charge in [-0.1, -0.05) is 6.92 Å². The quantitative estimate of drug-likeness (QED) is 0.590. The van der Waals surface area contributed by atoms with Gasteiger partial charge in [0.25, 0.3) is 5.91 Å². The number of nitrogens with two attached hydrogens (primary N) is 1. The number of ether oxygens (including phenoxy) is 2. The molecule has 6 nitrogen and oxygen atoms in total. The van der Waals surface area contributed by atoms with Crippen LogP contribution in [-0.2, 0) is 9.53 Å². The molecule has 0 aliphatic heterocycles. The Morgan fingerprint density at radius 3 is 2.67 bits per heavy atom. The van der Waals surface area contributed by atoms with E-state index < -0.39 is 12.1 Å². The second-order valence-electron chi connectivity index (χ2n) is 4.53. The van der Waals surface area contributed by atoms with Crippen LogP contribution in [0.5, 0.6) is 5.75 Å². The van der Waals surface area contributed by atoms with E-state index >= 15 is 0 Å². The van der Waals surface area contributed by atoms with Crippen LogP contribution in [0, 0.1) is 0 Å². The fraction of sp³-hybridized carbons (Fsp3) is 0.467. The maximum Gasteiger partial charge on any atom is 0.341 e. The summed E-state index contributed by atoms with van der Waals surface area (Å²) in [7, 11) is 0. The first-order valence-corrected chi connectivity index (χ1v) is 7.00. The Hall–Kier alpha value is -2.24. The molecule has 1 rings (SSSR count). The van der Waals surface area contributed by atoms with E-state index in [-0.39, 0.29) is 23.8 Å². The minimum absolute atomic E-state index is 0.215. The number of carbonyl (C=O) groups excluding carboxylic acids is 2. The third-order valence-electron chi connectivity index (χ3n) is 2.72. The fourth-order valence-electron chi connectivity index (χ4n) is 1.65. The fourth-order valence-corrected chi connectivity index (χ4v) is 1.65. The summed E-state index contributed by atoms with van der Waals surface area (Å²) in [5.41, 5.74) is 6.31. The van der Waals surface area contributed by atoms with Gasteiger partial charge >= 0.3 is 5.97 Å². The highest BCUT2D eigenvalue weighted by Crippen LogP contribution is 2.23. The molecule has 0 saturated heterocycles. The van der Waals surface area contributed by atoms with Crippen molar-refractivity contribution in [1.29, 1.82) is 0 Å². The van der Waals surface area contributed by atoms with Crippen LogP contribution in [0.15, 0.2) is 18.2 Å².